The number of amides is 1. The zero-order chi connectivity index (χ0) is 24.5. The van der Waals surface area contributed by atoms with E-state index in [1.165, 1.54) is 11.6 Å². The van der Waals surface area contributed by atoms with Gasteiger partial charge in [0.2, 0.25) is 11.8 Å². The number of anilines is 1. The average molecular weight is 464 g/mol. The summed E-state index contributed by atoms with van der Waals surface area (Å²) in [7, 11) is 1.54. The summed E-state index contributed by atoms with van der Waals surface area (Å²) in [6, 6.07) is 11.6. The fourth-order valence-corrected chi connectivity index (χ4v) is 4.16. The van der Waals surface area contributed by atoms with Gasteiger partial charge in [-0.15, -0.1) is 0 Å². The molecule has 10 heteroatoms. The maximum atomic E-state index is 13.2. The van der Waals surface area contributed by atoms with Gasteiger partial charge in [-0.3, -0.25) is 13.9 Å². The Balaban J connectivity index is 1.71. The van der Waals surface area contributed by atoms with Crippen molar-refractivity contribution < 1.29 is 9.53 Å². The number of aromatic nitrogens is 4. The quantitative estimate of drug-likeness (QED) is 0.632. The number of piperidine rings is 1. The van der Waals surface area contributed by atoms with Crippen LogP contribution in [0.25, 0.3) is 11.2 Å². The normalized spacial score (nSPS) is 16.3. The highest BCUT2D eigenvalue weighted by molar-refractivity contribution is 5.75. The van der Waals surface area contributed by atoms with Gasteiger partial charge in [0, 0.05) is 26.2 Å². The van der Waals surface area contributed by atoms with Crippen LogP contribution >= 0.6 is 0 Å². The molecule has 1 aliphatic rings. The molecular weight excluding hydrogens is 434 g/mol. The maximum absolute atomic E-state index is 13.2. The van der Waals surface area contributed by atoms with Gasteiger partial charge in [0.05, 0.1) is 6.54 Å². The van der Waals surface area contributed by atoms with E-state index in [1.807, 2.05) is 61.7 Å². The van der Waals surface area contributed by atoms with Crippen molar-refractivity contribution in [3.8, 4) is 6.07 Å². The molecule has 1 atom stereocenters. The molecule has 178 valence electrons. The van der Waals surface area contributed by atoms with Crippen molar-refractivity contribution in [2.45, 2.75) is 51.8 Å². The van der Waals surface area contributed by atoms with Crippen molar-refractivity contribution >= 4 is 23.2 Å². The number of carbonyl (C=O) groups excluding carboxylic acids is 1. The number of nitrogens with zero attached hydrogens (tertiary/aromatic N) is 6. The van der Waals surface area contributed by atoms with Crippen LogP contribution in [0, 0.1) is 11.3 Å². The largest absolute Gasteiger partial charge is 0.444 e. The molecule has 2 aromatic heterocycles. The number of carbonyl (C=O) groups is 1. The smallest absolute Gasteiger partial charge is 0.407 e. The summed E-state index contributed by atoms with van der Waals surface area (Å²) in [5, 5.41) is 12.3. The Morgan fingerprint density at radius 3 is 2.68 bits per heavy atom. The number of benzene rings is 1. The van der Waals surface area contributed by atoms with Crippen LogP contribution in [0.2, 0.25) is 0 Å². The highest BCUT2D eigenvalue weighted by atomic mass is 16.6. The minimum atomic E-state index is -0.577. The van der Waals surface area contributed by atoms with Crippen LogP contribution in [0.5, 0.6) is 0 Å². The van der Waals surface area contributed by atoms with E-state index < -0.39 is 11.7 Å². The molecule has 1 N–H and O–H groups in total. The number of nitrogens with one attached hydrogen (secondary N) is 1. The first-order chi connectivity index (χ1) is 16.2. The second kappa shape index (κ2) is 9.17. The predicted octanol–water partition coefficient (Wildman–Crippen LogP) is 2.54. The molecule has 3 aromatic rings. The molecule has 1 aliphatic heterocycles. The molecule has 1 aromatic carbocycles. The van der Waals surface area contributed by atoms with Crippen molar-refractivity contribution in [2.75, 3.05) is 18.0 Å². The first-order valence-corrected chi connectivity index (χ1v) is 11.3. The number of nitriles is 1. The molecule has 3 heterocycles. The van der Waals surface area contributed by atoms with Crippen LogP contribution in [0.4, 0.5) is 10.7 Å². The summed E-state index contributed by atoms with van der Waals surface area (Å²) in [4.78, 5) is 36.6. The topological polar surface area (TPSA) is 118 Å². The van der Waals surface area contributed by atoms with Gasteiger partial charge in [-0.05, 0) is 39.2 Å². The summed E-state index contributed by atoms with van der Waals surface area (Å²) in [6.07, 6.45) is 1.20. The van der Waals surface area contributed by atoms with E-state index in [0.717, 1.165) is 24.9 Å². The first kappa shape index (κ1) is 23.3. The summed E-state index contributed by atoms with van der Waals surface area (Å²) in [5.41, 5.74) is 0.702. The maximum Gasteiger partial charge on any atom is 0.407 e. The molecular formula is C24H29N7O3. The Kier molecular flexibility index (Phi) is 6.28. The third kappa shape index (κ3) is 4.88. The van der Waals surface area contributed by atoms with E-state index in [4.69, 9.17) is 4.74 Å². The summed E-state index contributed by atoms with van der Waals surface area (Å²) in [6.45, 7) is 7.15. The lowest BCUT2D eigenvalue weighted by Crippen LogP contribution is -2.49. The lowest BCUT2D eigenvalue weighted by Gasteiger charge is -2.34. The summed E-state index contributed by atoms with van der Waals surface area (Å²) in [5.74, 6) is 0.603. The SMILES string of the molecule is Cn1c(C#N)nc2nc(N3CCCC(NC(=O)OC(C)(C)C)C3)n(Cc3ccccc3)c2c1=O. The molecule has 34 heavy (non-hydrogen) atoms. The summed E-state index contributed by atoms with van der Waals surface area (Å²) >= 11 is 0. The predicted molar refractivity (Wildman–Crippen MR) is 128 cm³/mol. The van der Waals surface area contributed by atoms with Crippen LogP contribution in [-0.2, 0) is 18.3 Å². The van der Waals surface area contributed by atoms with Crippen LogP contribution in [0.15, 0.2) is 35.1 Å². The van der Waals surface area contributed by atoms with Gasteiger partial charge in [0.25, 0.3) is 5.56 Å². The van der Waals surface area contributed by atoms with Gasteiger partial charge in [-0.25, -0.2) is 4.79 Å². The molecule has 0 spiro atoms. The Bertz CT molecular complexity index is 1300. The number of hydrogen-bond acceptors (Lipinski definition) is 7. The Morgan fingerprint density at radius 2 is 2.00 bits per heavy atom. The zero-order valence-electron chi connectivity index (χ0n) is 19.9. The standard InChI is InChI=1S/C24H29N7O3/c1-24(2,3)34-23(33)26-17-11-8-12-30(15-17)22-28-20-19(21(32)29(4)18(13-25)27-20)31(22)14-16-9-6-5-7-10-16/h5-7,9-10,17H,8,11-12,14-15H2,1-4H3,(H,26,33). The van der Waals surface area contributed by atoms with Crippen molar-refractivity contribution in [3.63, 3.8) is 0 Å². The second-order valence-electron chi connectivity index (χ2n) is 9.50. The van der Waals surface area contributed by atoms with E-state index in [0.29, 0.717) is 24.6 Å². The van der Waals surface area contributed by atoms with Gasteiger partial charge in [-0.1, -0.05) is 30.3 Å². The van der Waals surface area contributed by atoms with Gasteiger partial charge >= 0.3 is 6.09 Å². The second-order valence-corrected chi connectivity index (χ2v) is 9.50. The van der Waals surface area contributed by atoms with E-state index >= 15 is 0 Å². The highest BCUT2D eigenvalue weighted by Gasteiger charge is 2.28. The van der Waals surface area contributed by atoms with E-state index in [-0.39, 0.29) is 23.1 Å². The number of ether oxygens (including phenoxy) is 1. The van der Waals surface area contributed by atoms with Gasteiger partial charge < -0.3 is 15.0 Å². The summed E-state index contributed by atoms with van der Waals surface area (Å²) < 4.78 is 8.52. The number of hydrogen-bond donors (Lipinski definition) is 1. The van der Waals surface area contributed by atoms with Gasteiger partial charge in [0.1, 0.15) is 11.7 Å². The third-order valence-corrected chi connectivity index (χ3v) is 5.67. The molecule has 1 unspecified atom stereocenters. The highest BCUT2D eigenvalue weighted by Crippen LogP contribution is 2.25. The van der Waals surface area contributed by atoms with E-state index in [2.05, 4.69) is 20.2 Å². The minimum absolute atomic E-state index is 0.0107. The van der Waals surface area contributed by atoms with Crippen LogP contribution < -0.4 is 15.8 Å². The van der Waals surface area contributed by atoms with Crippen LogP contribution in [0.3, 0.4) is 0 Å². The number of rotatable bonds is 4. The van der Waals surface area contributed by atoms with Crippen molar-refractivity contribution in [1.82, 2.24) is 24.4 Å². The van der Waals surface area contributed by atoms with E-state index in [9.17, 15) is 14.9 Å². The lowest BCUT2D eigenvalue weighted by atomic mass is 10.1. The van der Waals surface area contributed by atoms with Gasteiger partial charge in [0.15, 0.2) is 11.2 Å². The molecule has 1 fully saturated rings. The van der Waals surface area contributed by atoms with Gasteiger partial charge in [-0.2, -0.15) is 15.2 Å². The third-order valence-electron chi connectivity index (χ3n) is 5.67. The molecule has 10 nitrogen and oxygen atoms in total. The molecule has 4 rings (SSSR count). The number of imidazole rings is 1. The molecule has 0 radical (unpaired) electrons. The first-order valence-electron chi connectivity index (χ1n) is 11.3. The fraction of sp³-hybridized carbons (Fsp3) is 0.458. The molecule has 0 bridgehead atoms. The van der Waals surface area contributed by atoms with Crippen molar-refractivity contribution in [1.29, 1.82) is 5.26 Å². The minimum Gasteiger partial charge on any atom is -0.444 e. The van der Waals surface area contributed by atoms with E-state index in [1.54, 1.807) is 0 Å². The van der Waals surface area contributed by atoms with Crippen LogP contribution in [0.1, 0.15) is 45.0 Å². The molecule has 0 saturated carbocycles. The zero-order valence-corrected chi connectivity index (χ0v) is 19.9. The Morgan fingerprint density at radius 1 is 1.26 bits per heavy atom. The molecule has 1 saturated heterocycles. The fourth-order valence-electron chi connectivity index (χ4n) is 4.16. The average Bonchev–Trinajstić information content (AvgIpc) is 3.14. The Labute approximate surface area is 197 Å². The van der Waals surface area contributed by atoms with Crippen molar-refractivity contribution in [3.05, 3.63) is 52.1 Å². The number of fused-ring (bicyclic) bond motifs is 1. The lowest BCUT2D eigenvalue weighted by molar-refractivity contribution is 0.0500. The Hall–Kier alpha value is -3.87. The molecule has 0 aliphatic carbocycles. The van der Waals surface area contributed by atoms with Crippen LogP contribution in [-0.4, -0.2) is 49.9 Å². The molecule has 1 amide bonds. The number of alkyl carbamates (subject to hydrolysis) is 1. The van der Waals surface area contributed by atoms with Crippen molar-refractivity contribution in [2.24, 2.45) is 7.05 Å². The monoisotopic (exact) mass is 463 g/mol.